The summed E-state index contributed by atoms with van der Waals surface area (Å²) in [7, 11) is 0. The summed E-state index contributed by atoms with van der Waals surface area (Å²) in [6.45, 7) is 0. The maximum atomic E-state index is 10.3. The van der Waals surface area contributed by atoms with Crippen LogP contribution >= 0.6 is 11.8 Å². The molecule has 0 atom stereocenters. The molecule has 0 bridgehead atoms. The largest absolute Gasteiger partial charge is 0.507 e. The summed E-state index contributed by atoms with van der Waals surface area (Å²) in [5.74, 6) is 0.237. The van der Waals surface area contributed by atoms with Crippen LogP contribution in [0.2, 0.25) is 0 Å². The van der Waals surface area contributed by atoms with Crippen molar-refractivity contribution in [3.63, 3.8) is 0 Å². The van der Waals surface area contributed by atoms with Crippen LogP contribution in [0.4, 0.5) is 5.69 Å². The van der Waals surface area contributed by atoms with Crippen molar-refractivity contribution < 1.29 is 5.11 Å². The van der Waals surface area contributed by atoms with Crippen LogP contribution in [0.3, 0.4) is 0 Å². The lowest BCUT2D eigenvalue weighted by Gasteiger charge is -2.07. The fourth-order valence-electron chi connectivity index (χ4n) is 2.82. The quantitative estimate of drug-likeness (QED) is 0.427. The zero-order chi connectivity index (χ0) is 17.8. The number of phenols is 1. The fraction of sp³-hybridized carbons (Fsp3) is 0. The molecule has 4 aromatic carbocycles. The molecule has 0 heterocycles. The van der Waals surface area contributed by atoms with Crippen molar-refractivity contribution in [3.05, 3.63) is 96.6 Å². The minimum atomic E-state index is 0.237. The molecule has 0 unspecified atom stereocenters. The monoisotopic (exact) mass is 355 g/mol. The molecule has 126 valence electrons. The average Bonchev–Trinajstić information content (AvgIpc) is 2.69. The van der Waals surface area contributed by atoms with Crippen LogP contribution in [-0.2, 0) is 0 Å². The normalized spacial score (nSPS) is 11.2. The summed E-state index contributed by atoms with van der Waals surface area (Å²) in [6, 6.07) is 29.9. The number of hydrogen-bond acceptors (Lipinski definition) is 3. The topological polar surface area (TPSA) is 32.6 Å². The van der Waals surface area contributed by atoms with E-state index in [0.717, 1.165) is 26.9 Å². The first-order valence-electron chi connectivity index (χ1n) is 8.38. The number of aliphatic imine (C=N–C) groups is 1. The molecule has 0 aliphatic heterocycles. The lowest BCUT2D eigenvalue weighted by molar-refractivity contribution is 0.475. The third-order valence-electron chi connectivity index (χ3n) is 4.12. The molecule has 0 aromatic heterocycles. The molecule has 0 spiro atoms. The van der Waals surface area contributed by atoms with E-state index in [9.17, 15) is 5.11 Å². The number of benzene rings is 4. The summed E-state index contributed by atoms with van der Waals surface area (Å²) in [5.41, 5.74) is 1.62. The van der Waals surface area contributed by atoms with Gasteiger partial charge in [-0.1, -0.05) is 72.4 Å². The first kappa shape index (κ1) is 16.4. The predicted molar refractivity (Wildman–Crippen MR) is 110 cm³/mol. The third-order valence-corrected chi connectivity index (χ3v) is 5.19. The number of para-hydroxylation sites is 1. The van der Waals surface area contributed by atoms with Crippen LogP contribution in [-0.4, -0.2) is 11.3 Å². The Morgan fingerprint density at radius 2 is 1.46 bits per heavy atom. The molecule has 2 nitrogen and oxygen atoms in total. The highest BCUT2D eigenvalue weighted by atomic mass is 32.2. The summed E-state index contributed by atoms with van der Waals surface area (Å²) in [4.78, 5) is 6.93. The Kier molecular flexibility index (Phi) is 4.71. The SMILES string of the molecule is Oc1ccc2ccccc2c1C=Nc1ccccc1Sc1ccccc1. The second-order valence-electron chi connectivity index (χ2n) is 5.86. The van der Waals surface area contributed by atoms with Crippen LogP contribution in [0.15, 0.2) is 106 Å². The van der Waals surface area contributed by atoms with Gasteiger partial charge in [-0.05, 0) is 41.1 Å². The molecular formula is C23H17NOS. The number of rotatable bonds is 4. The Morgan fingerprint density at radius 3 is 2.35 bits per heavy atom. The Bertz CT molecular complexity index is 1070. The van der Waals surface area contributed by atoms with E-state index < -0.39 is 0 Å². The number of hydrogen-bond donors (Lipinski definition) is 1. The van der Waals surface area contributed by atoms with Gasteiger partial charge < -0.3 is 5.11 Å². The van der Waals surface area contributed by atoms with Gasteiger partial charge in [0.15, 0.2) is 0 Å². The van der Waals surface area contributed by atoms with Crippen LogP contribution in [0, 0.1) is 0 Å². The van der Waals surface area contributed by atoms with Crippen LogP contribution < -0.4 is 0 Å². The third kappa shape index (κ3) is 3.48. The van der Waals surface area contributed by atoms with E-state index in [0.29, 0.717) is 0 Å². The Hall–Kier alpha value is -3.04. The van der Waals surface area contributed by atoms with Crippen molar-refractivity contribution in [2.24, 2.45) is 4.99 Å². The van der Waals surface area contributed by atoms with Gasteiger partial charge in [-0.25, -0.2) is 0 Å². The minimum Gasteiger partial charge on any atom is -0.507 e. The molecule has 4 rings (SSSR count). The molecule has 3 heteroatoms. The second kappa shape index (κ2) is 7.46. The zero-order valence-corrected chi connectivity index (χ0v) is 14.9. The van der Waals surface area contributed by atoms with Crippen LogP contribution in [0.1, 0.15) is 5.56 Å². The van der Waals surface area contributed by atoms with Gasteiger partial charge in [-0.2, -0.15) is 0 Å². The van der Waals surface area contributed by atoms with E-state index >= 15 is 0 Å². The Morgan fingerprint density at radius 1 is 0.731 bits per heavy atom. The highest BCUT2D eigenvalue weighted by molar-refractivity contribution is 7.99. The van der Waals surface area contributed by atoms with Crippen molar-refractivity contribution in [2.45, 2.75) is 9.79 Å². The van der Waals surface area contributed by atoms with E-state index in [-0.39, 0.29) is 5.75 Å². The van der Waals surface area contributed by atoms with Gasteiger partial charge in [0, 0.05) is 21.6 Å². The standard InChI is InChI=1S/C23H17NOS/c25-22-15-14-17-8-4-5-11-19(17)20(22)16-24-21-12-6-7-13-23(21)26-18-9-2-1-3-10-18/h1-16,25H. The van der Waals surface area contributed by atoms with Gasteiger partial charge in [0.2, 0.25) is 0 Å². The number of aromatic hydroxyl groups is 1. The van der Waals surface area contributed by atoms with Gasteiger partial charge in [-0.15, -0.1) is 0 Å². The molecule has 0 aliphatic carbocycles. The minimum absolute atomic E-state index is 0.237. The molecule has 1 N–H and O–H groups in total. The second-order valence-corrected chi connectivity index (χ2v) is 6.98. The molecule has 0 saturated carbocycles. The smallest absolute Gasteiger partial charge is 0.124 e. The molecule has 26 heavy (non-hydrogen) atoms. The first-order chi connectivity index (χ1) is 12.8. The molecule has 0 fully saturated rings. The van der Waals surface area contributed by atoms with Crippen molar-refractivity contribution in [1.29, 1.82) is 0 Å². The summed E-state index contributed by atoms with van der Waals surface area (Å²) < 4.78 is 0. The average molecular weight is 355 g/mol. The molecule has 0 radical (unpaired) electrons. The van der Waals surface area contributed by atoms with Gasteiger partial charge >= 0.3 is 0 Å². The van der Waals surface area contributed by atoms with Crippen molar-refractivity contribution in [1.82, 2.24) is 0 Å². The van der Waals surface area contributed by atoms with E-state index in [1.165, 1.54) is 4.90 Å². The fourth-order valence-corrected chi connectivity index (χ4v) is 3.74. The molecule has 0 aliphatic rings. The van der Waals surface area contributed by atoms with Gasteiger partial charge in [0.1, 0.15) is 5.75 Å². The first-order valence-corrected chi connectivity index (χ1v) is 9.19. The van der Waals surface area contributed by atoms with E-state index in [4.69, 9.17) is 0 Å². The summed E-state index contributed by atoms with van der Waals surface area (Å²) in [5, 5.41) is 12.4. The van der Waals surface area contributed by atoms with E-state index in [2.05, 4.69) is 23.2 Å². The van der Waals surface area contributed by atoms with Crippen molar-refractivity contribution >= 4 is 34.4 Å². The zero-order valence-electron chi connectivity index (χ0n) is 14.0. The van der Waals surface area contributed by atoms with Crippen LogP contribution in [0.25, 0.3) is 10.8 Å². The molecule has 4 aromatic rings. The lowest BCUT2D eigenvalue weighted by Crippen LogP contribution is -1.86. The van der Waals surface area contributed by atoms with Gasteiger partial charge in [-0.3, -0.25) is 4.99 Å². The number of fused-ring (bicyclic) bond motifs is 1. The van der Waals surface area contributed by atoms with Crippen molar-refractivity contribution in [2.75, 3.05) is 0 Å². The molecular weight excluding hydrogens is 338 g/mol. The van der Waals surface area contributed by atoms with E-state index in [1.807, 2.05) is 66.7 Å². The highest BCUT2D eigenvalue weighted by Gasteiger charge is 2.06. The summed E-state index contributed by atoms with van der Waals surface area (Å²) >= 11 is 1.68. The summed E-state index contributed by atoms with van der Waals surface area (Å²) in [6.07, 6.45) is 1.75. The van der Waals surface area contributed by atoms with Gasteiger partial charge in [0.25, 0.3) is 0 Å². The molecule has 0 saturated heterocycles. The Balaban J connectivity index is 1.71. The number of phenolic OH excluding ortho intramolecular Hbond substituents is 1. The Labute approximate surface area is 156 Å². The predicted octanol–water partition coefficient (Wildman–Crippen LogP) is 6.45. The number of nitrogens with zero attached hydrogens (tertiary/aromatic N) is 1. The van der Waals surface area contributed by atoms with Crippen molar-refractivity contribution in [3.8, 4) is 5.75 Å². The van der Waals surface area contributed by atoms with Gasteiger partial charge in [0.05, 0.1) is 5.69 Å². The van der Waals surface area contributed by atoms with Crippen LogP contribution in [0.5, 0.6) is 5.75 Å². The maximum absolute atomic E-state index is 10.3. The molecule has 0 amide bonds. The van der Waals surface area contributed by atoms with E-state index in [1.54, 1.807) is 24.0 Å². The maximum Gasteiger partial charge on any atom is 0.124 e. The lowest BCUT2D eigenvalue weighted by atomic mass is 10.0. The highest BCUT2D eigenvalue weighted by Crippen LogP contribution is 2.35.